The number of H-pyrrole nitrogens is 1. The molecule has 5 rings (SSSR count). The van der Waals surface area contributed by atoms with Crippen molar-refractivity contribution in [3.63, 3.8) is 0 Å². The summed E-state index contributed by atoms with van der Waals surface area (Å²) in [5, 5.41) is 0. The zero-order chi connectivity index (χ0) is 27.6. The van der Waals surface area contributed by atoms with Gasteiger partial charge >= 0.3 is 13.3 Å². The van der Waals surface area contributed by atoms with Crippen molar-refractivity contribution in [3.8, 4) is 0 Å². The van der Waals surface area contributed by atoms with Gasteiger partial charge < -0.3 is 14.5 Å². The Morgan fingerprint density at radius 3 is 1.82 bits per heavy atom. The van der Waals surface area contributed by atoms with Crippen LogP contribution in [0.1, 0.15) is 28.5 Å². The molecule has 0 unspecified atom stereocenters. The van der Waals surface area contributed by atoms with E-state index in [1.807, 2.05) is 91.0 Å². The van der Waals surface area contributed by atoms with Crippen LogP contribution in [0.5, 0.6) is 0 Å². The third-order valence-corrected chi connectivity index (χ3v) is 7.98. The van der Waals surface area contributed by atoms with Crippen molar-refractivity contribution in [2.75, 3.05) is 19.3 Å². The molecule has 1 fully saturated rings. The minimum Gasteiger partial charge on any atom is -0.351 e. The molecule has 0 bridgehead atoms. The Kier molecular flexibility index (Phi) is 7.53. The maximum absolute atomic E-state index is 12.9. The average Bonchev–Trinajstić information content (AvgIpc) is 2.92. The number of ether oxygens (including phenoxy) is 1. The van der Waals surface area contributed by atoms with Gasteiger partial charge in [0.2, 0.25) is 0 Å². The summed E-state index contributed by atoms with van der Waals surface area (Å²) < 4.78 is 19.6. The lowest BCUT2D eigenvalue weighted by atomic mass is 9.75. The van der Waals surface area contributed by atoms with Crippen LogP contribution in [0.15, 0.2) is 107 Å². The summed E-state index contributed by atoms with van der Waals surface area (Å²) in [6, 6.07) is 29.7. The number of benzene rings is 3. The van der Waals surface area contributed by atoms with Crippen LogP contribution in [0.3, 0.4) is 0 Å². The Hall–Kier alpha value is -3.59. The first-order chi connectivity index (χ1) is 18.7. The van der Waals surface area contributed by atoms with E-state index in [-0.39, 0.29) is 13.1 Å². The molecule has 2 heterocycles. The molecule has 1 aliphatic heterocycles. The first kappa shape index (κ1) is 27.0. The van der Waals surface area contributed by atoms with Crippen LogP contribution in [0.25, 0.3) is 0 Å². The fourth-order valence-corrected chi connectivity index (χ4v) is 6.23. The fraction of sp³-hybridized carbons (Fsp3) is 0.241. The summed E-state index contributed by atoms with van der Waals surface area (Å²) in [7, 11) is -4.47. The highest BCUT2D eigenvalue weighted by Gasteiger charge is 2.47. The van der Waals surface area contributed by atoms with E-state index in [4.69, 9.17) is 4.74 Å². The number of aromatic amines is 1. The molecular formula is C29H30N3O6P. The molecule has 1 aromatic heterocycles. The second-order valence-electron chi connectivity index (χ2n) is 9.75. The molecule has 10 heteroatoms. The Morgan fingerprint density at radius 2 is 1.36 bits per heavy atom. The van der Waals surface area contributed by atoms with E-state index in [1.54, 1.807) is 6.92 Å². The van der Waals surface area contributed by atoms with E-state index < -0.39 is 42.9 Å². The van der Waals surface area contributed by atoms with E-state index in [1.165, 1.54) is 10.8 Å². The molecular weight excluding hydrogens is 517 g/mol. The maximum atomic E-state index is 12.9. The Balaban J connectivity index is 1.76. The number of nitrogens with zero attached hydrogens (tertiary/aromatic N) is 2. The minimum absolute atomic E-state index is 0.178. The third-order valence-electron chi connectivity index (χ3n) is 7.10. The zero-order valence-corrected chi connectivity index (χ0v) is 22.3. The highest BCUT2D eigenvalue weighted by atomic mass is 31.2. The van der Waals surface area contributed by atoms with Crippen molar-refractivity contribution in [2.45, 2.75) is 24.8 Å². The summed E-state index contributed by atoms with van der Waals surface area (Å²) in [6.45, 7) is 1.96. The molecule has 0 saturated carbocycles. The van der Waals surface area contributed by atoms with Gasteiger partial charge in [-0.25, -0.2) is 4.79 Å². The van der Waals surface area contributed by atoms with Crippen molar-refractivity contribution in [1.82, 2.24) is 14.5 Å². The van der Waals surface area contributed by atoms with Gasteiger partial charge in [-0.3, -0.25) is 23.8 Å². The van der Waals surface area contributed by atoms with E-state index in [9.17, 15) is 23.9 Å². The molecule has 1 aliphatic rings. The van der Waals surface area contributed by atoms with Crippen molar-refractivity contribution in [1.29, 1.82) is 0 Å². The summed E-state index contributed by atoms with van der Waals surface area (Å²) in [5.74, 6) is 0. The quantitative estimate of drug-likeness (QED) is 0.240. The highest BCUT2D eigenvalue weighted by Crippen LogP contribution is 2.46. The Bertz CT molecular complexity index is 1490. The van der Waals surface area contributed by atoms with E-state index in [0.717, 1.165) is 16.7 Å². The van der Waals surface area contributed by atoms with Crippen molar-refractivity contribution < 1.29 is 19.1 Å². The van der Waals surface area contributed by atoms with E-state index in [2.05, 4.69) is 9.88 Å². The summed E-state index contributed by atoms with van der Waals surface area (Å²) in [5.41, 5.74) is 1.12. The molecule has 39 heavy (non-hydrogen) atoms. The van der Waals surface area contributed by atoms with Gasteiger partial charge in [0.15, 0.2) is 6.23 Å². The highest BCUT2D eigenvalue weighted by molar-refractivity contribution is 7.51. The zero-order valence-electron chi connectivity index (χ0n) is 21.4. The molecule has 0 amide bonds. The van der Waals surface area contributed by atoms with Gasteiger partial charge in [-0.2, -0.15) is 0 Å². The van der Waals surface area contributed by atoms with Crippen LogP contribution < -0.4 is 11.2 Å². The molecule has 202 valence electrons. The average molecular weight is 548 g/mol. The molecule has 9 nitrogen and oxygen atoms in total. The Morgan fingerprint density at radius 1 is 0.872 bits per heavy atom. The maximum Gasteiger partial charge on any atom is 0.330 e. The van der Waals surface area contributed by atoms with Gasteiger partial charge in [0.25, 0.3) is 5.56 Å². The molecule has 3 aromatic carbocycles. The van der Waals surface area contributed by atoms with Crippen LogP contribution in [0, 0.1) is 6.92 Å². The van der Waals surface area contributed by atoms with Crippen LogP contribution in [0.2, 0.25) is 0 Å². The normalized spacial score (nSPS) is 18.6. The number of hydrogen-bond acceptors (Lipinski definition) is 5. The van der Waals surface area contributed by atoms with Gasteiger partial charge in [-0.15, -0.1) is 0 Å². The lowest BCUT2D eigenvalue weighted by molar-refractivity contribution is -0.131. The van der Waals surface area contributed by atoms with Crippen molar-refractivity contribution in [2.24, 2.45) is 0 Å². The van der Waals surface area contributed by atoms with Crippen LogP contribution in [0.4, 0.5) is 0 Å². The first-order valence-corrected chi connectivity index (χ1v) is 14.4. The molecule has 0 aliphatic carbocycles. The number of nitrogens with one attached hydrogen (secondary N) is 1. The number of aryl methyl sites for hydroxylation is 1. The number of rotatable bonds is 7. The topological polar surface area (TPSA) is 125 Å². The molecule has 3 N–H and O–H groups in total. The molecule has 2 atom stereocenters. The fourth-order valence-electron chi connectivity index (χ4n) is 5.50. The predicted octanol–water partition coefficient (Wildman–Crippen LogP) is 3.21. The number of morpholine rings is 1. The largest absolute Gasteiger partial charge is 0.351 e. The second kappa shape index (κ2) is 10.9. The van der Waals surface area contributed by atoms with Gasteiger partial charge in [0.1, 0.15) is 0 Å². The summed E-state index contributed by atoms with van der Waals surface area (Å²) >= 11 is 0. The number of hydrogen-bond donors (Lipinski definition) is 3. The van der Waals surface area contributed by atoms with E-state index in [0.29, 0.717) is 5.56 Å². The van der Waals surface area contributed by atoms with Gasteiger partial charge in [-0.1, -0.05) is 91.0 Å². The molecule has 0 radical (unpaired) electrons. The van der Waals surface area contributed by atoms with Crippen LogP contribution >= 0.6 is 7.60 Å². The minimum atomic E-state index is -4.47. The van der Waals surface area contributed by atoms with Crippen LogP contribution in [-0.2, 0) is 14.8 Å². The van der Waals surface area contributed by atoms with Gasteiger partial charge in [0, 0.05) is 24.8 Å². The third kappa shape index (κ3) is 5.45. The molecule has 4 aromatic rings. The molecule has 0 spiro atoms. The predicted molar refractivity (Wildman–Crippen MR) is 148 cm³/mol. The standard InChI is InChI=1S/C29H30N3O6P/c1-21-17-32(28(34)30-27(21)33)26-19-31(18-25(38-26)20-39(35,36)37)29(22-11-5-2-6-12-22,23-13-7-3-8-14-23)24-15-9-4-10-16-24/h2-17,25-26H,18-20H2,1H3,(H,30,33,34)(H2,35,36,37)/t25-,26+/m0/s1. The van der Waals surface area contributed by atoms with Gasteiger partial charge in [-0.05, 0) is 23.6 Å². The summed E-state index contributed by atoms with van der Waals surface area (Å²) in [4.78, 5) is 49.2. The van der Waals surface area contributed by atoms with Crippen molar-refractivity contribution in [3.05, 3.63) is 140 Å². The SMILES string of the molecule is Cc1cn([C@H]2CN(C(c3ccccc3)(c3ccccc3)c3ccccc3)C[C@@H](CP(=O)(O)O)O2)c(=O)[nH]c1=O. The van der Waals surface area contributed by atoms with Gasteiger partial charge in [0.05, 0.1) is 17.8 Å². The van der Waals surface area contributed by atoms with E-state index >= 15 is 0 Å². The second-order valence-corrected chi connectivity index (χ2v) is 11.4. The lowest BCUT2D eigenvalue weighted by Crippen LogP contribution is -2.58. The Labute approximate surface area is 225 Å². The summed E-state index contributed by atoms with van der Waals surface area (Å²) in [6.07, 6.45) is -0.918. The lowest BCUT2D eigenvalue weighted by Gasteiger charge is -2.50. The first-order valence-electron chi connectivity index (χ1n) is 12.6. The number of aromatic nitrogens is 2. The monoisotopic (exact) mass is 547 g/mol. The molecule has 1 saturated heterocycles. The van der Waals surface area contributed by atoms with Crippen molar-refractivity contribution >= 4 is 7.60 Å². The smallest absolute Gasteiger partial charge is 0.330 e. The van der Waals surface area contributed by atoms with Crippen LogP contribution in [-0.4, -0.2) is 49.6 Å².